The first-order chi connectivity index (χ1) is 5.29. The van der Waals surface area contributed by atoms with Gasteiger partial charge < -0.3 is 0 Å². The zero-order chi connectivity index (χ0) is 7.81. The average molecular weight is 179 g/mol. The van der Waals surface area contributed by atoms with E-state index in [2.05, 4.69) is 0 Å². The van der Waals surface area contributed by atoms with E-state index in [0.29, 0.717) is 26.4 Å². The molecule has 2 aliphatic rings. The van der Waals surface area contributed by atoms with Gasteiger partial charge in [0, 0.05) is 0 Å². The van der Waals surface area contributed by atoms with Crippen LogP contribution in [0.4, 0.5) is 0 Å². The van der Waals surface area contributed by atoms with E-state index >= 15 is 0 Å². The summed E-state index contributed by atoms with van der Waals surface area (Å²) in [4.78, 5) is 0. The maximum absolute atomic E-state index is 5.30. The SMILES string of the molecule is CO[Si-]12(OCCO1)OCCO2. The molecular weight excluding hydrogens is 168 g/mol. The second-order valence-corrected chi connectivity index (χ2v) is 5.66. The van der Waals surface area contributed by atoms with Gasteiger partial charge in [0.2, 0.25) is 0 Å². The Bertz CT molecular complexity index is 137. The molecule has 0 saturated carbocycles. The van der Waals surface area contributed by atoms with Gasteiger partial charge in [-0.25, -0.2) is 0 Å². The van der Waals surface area contributed by atoms with Crippen LogP contribution < -0.4 is 0 Å². The molecule has 0 aromatic carbocycles. The molecule has 0 atom stereocenters. The van der Waals surface area contributed by atoms with Crippen molar-refractivity contribution in [2.45, 2.75) is 0 Å². The second-order valence-electron chi connectivity index (χ2n) is 2.43. The molecule has 0 radical (unpaired) electrons. The molecule has 0 N–H and O–H groups in total. The summed E-state index contributed by atoms with van der Waals surface area (Å²) in [7, 11) is -2.21. The Labute approximate surface area is 65.2 Å². The van der Waals surface area contributed by atoms with E-state index in [1.54, 1.807) is 0 Å². The van der Waals surface area contributed by atoms with Gasteiger partial charge in [-0.3, -0.25) is 0 Å². The molecule has 0 unspecified atom stereocenters. The van der Waals surface area contributed by atoms with Crippen LogP contribution in [0, 0.1) is 0 Å². The van der Waals surface area contributed by atoms with Crippen molar-refractivity contribution in [2.75, 3.05) is 33.5 Å². The summed E-state index contributed by atoms with van der Waals surface area (Å²) in [6, 6.07) is 0. The van der Waals surface area contributed by atoms with Gasteiger partial charge in [-0.05, 0) is 0 Å². The Morgan fingerprint density at radius 1 is 0.909 bits per heavy atom. The first kappa shape index (κ1) is 7.65. The Hall–Kier alpha value is 0.0169. The monoisotopic (exact) mass is 179 g/mol. The third-order valence-electron chi connectivity index (χ3n) is 1.85. The van der Waals surface area contributed by atoms with E-state index in [1.165, 1.54) is 7.11 Å². The van der Waals surface area contributed by atoms with Crippen LogP contribution in [-0.2, 0) is 22.1 Å². The number of hydrogen-bond donors (Lipinski definition) is 0. The van der Waals surface area contributed by atoms with Crippen LogP contribution in [0.15, 0.2) is 0 Å². The fraction of sp³-hybridized carbons (Fsp3) is 1.00. The summed E-state index contributed by atoms with van der Waals surface area (Å²) >= 11 is 0. The summed E-state index contributed by atoms with van der Waals surface area (Å²) in [5.74, 6) is 0. The van der Waals surface area contributed by atoms with Crippen LogP contribution in [0.1, 0.15) is 0 Å². The fourth-order valence-corrected chi connectivity index (χ4v) is 3.96. The fourth-order valence-electron chi connectivity index (χ4n) is 1.32. The minimum absolute atomic E-state index is 0.488. The minimum atomic E-state index is -3.71. The van der Waals surface area contributed by atoms with Gasteiger partial charge >= 0.3 is 64.2 Å². The summed E-state index contributed by atoms with van der Waals surface area (Å²) in [6.07, 6.45) is 0. The zero-order valence-corrected chi connectivity index (χ0v) is 7.37. The Kier molecular flexibility index (Phi) is 1.57. The quantitative estimate of drug-likeness (QED) is 0.513. The summed E-state index contributed by atoms with van der Waals surface area (Å²) in [5.41, 5.74) is 0. The van der Waals surface area contributed by atoms with Crippen LogP contribution >= 0.6 is 0 Å². The molecule has 2 saturated heterocycles. The van der Waals surface area contributed by atoms with Crippen molar-refractivity contribution in [3.63, 3.8) is 0 Å². The number of rotatable bonds is 1. The molecule has 2 heterocycles. The topological polar surface area (TPSA) is 46.2 Å². The van der Waals surface area contributed by atoms with Gasteiger partial charge in [0.05, 0.1) is 0 Å². The van der Waals surface area contributed by atoms with E-state index in [-0.39, 0.29) is 0 Å². The van der Waals surface area contributed by atoms with Gasteiger partial charge in [0.15, 0.2) is 0 Å². The van der Waals surface area contributed by atoms with Crippen molar-refractivity contribution >= 4 is 8.57 Å². The summed E-state index contributed by atoms with van der Waals surface area (Å²) < 4.78 is 26.3. The molecule has 1 spiro atoms. The molecule has 2 fully saturated rings. The van der Waals surface area contributed by atoms with Gasteiger partial charge in [-0.1, -0.05) is 0 Å². The van der Waals surface area contributed by atoms with Crippen molar-refractivity contribution < 1.29 is 22.1 Å². The Morgan fingerprint density at radius 2 is 1.27 bits per heavy atom. The molecule has 5 nitrogen and oxygen atoms in total. The molecule has 0 amide bonds. The maximum atomic E-state index is 5.30. The molecular formula is C5H11O5Si-. The molecule has 0 aliphatic carbocycles. The predicted molar refractivity (Wildman–Crippen MR) is 36.6 cm³/mol. The first-order valence-electron chi connectivity index (χ1n) is 3.58. The predicted octanol–water partition coefficient (Wildman–Crippen LogP) is -0.387. The summed E-state index contributed by atoms with van der Waals surface area (Å²) in [6.45, 7) is 1.95. The van der Waals surface area contributed by atoms with Gasteiger partial charge in [0.25, 0.3) is 0 Å². The van der Waals surface area contributed by atoms with Crippen molar-refractivity contribution in [3.8, 4) is 0 Å². The molecule has 2 aliphatic heterocycles. The van der Waals surface area contributed by atoms with E-state index in [4.69, 9.17) is 22.1 Å². The van der Waals surface area contributed by atoms with E-state index in [1.807, 2.05) is 0 Å². The van der Waals surface area contributed by atoms with Crippen LogP contribution in [0.3, 0.4) is 0 Å². The van der Waals surface area contributed by atoms with E-state index in [0.717, 1.165) is 0 Å². The van der Waals surface area contributed by atoms with Crippen molar-refractivity contribution in [1.29, 1.82) is 0 Å². The van der Waals surface area contributed by atoms with Gasteiger partial charge in [-0.15, -0.1) is 0 Å². The van der Waals surface area contributed by atoms with Gasteiger partial charge in [0.1, 0.15) is 0 Å². The van der Waals surface area contributed by atoms with E-state index < -0.39 is 8.57 Å². The molecule has 66 valence electrons. The molecule has 0 aromatic rings. The van der Waals surface area contributed by atoms with Crippen LogP contribution in [0.25, 0.3) is 0 Å². The van der Waals surface area contributed by atoms with E-state index in [9.17, 15) is 0 Å². The first-order valence-corrected chi connectivity index (χ1v) is 5.62. The zero-order valence-electron chi connectivity index (χ0n) is 6.37. The summed E-state index contributed by atoms with van der Waals surface area (Å²) in [5, 5.41) is 0. The third kappa shape index (κ3) is 0.951. The molecule has 11 heavy (non-hydrogen) atoms. The van der Waals surface area contributed by atoms with Gasteiger partial charge in [-0.2, -0.15) is 0 Å². The van der Waals surface area contributed by atoms with Crippen molar-refractivity contribution in [2.24, 2.45) is 0 Å². The molecule has 2 rings (SSSR count). The molecule has 0 bridgehead atoms. The molecule has 6 heteroatoms. The van der Waals surface area contributed by atoms with Crippen LogP contribution in [0.5, 0.6) is 0 Å². The Balaban J connectivity index is 2.24. The van der Waals surface area contributed by atoms with Crippen molar-refractivity contribution in [1.82, 2.24) is 0 Å². The van der Waals surface area contributed by atoms with Crippen LogP contribution in [0.2, 0.25) is 0 Å². The second kappa shape index (κ2) is 2.25. The number of hydrogen-bond acceptors (Lipinski definition) is 5. The molecule has 0 aromatic heterocycles. The third-order valence-corrected chi connectivity index (χ3v) is 5.22. The Morgan fingerprint density at radius 3 is 1.55 bits per heavy atom. The van der Waals surface area contributed by atoms with Crippen molar-refractivity contribution in [3.05, 3.63) is 0 Å². The standard InChI is InChI=1S/C5H11O5Si/c1-6-11(7-2-3-8-11)9-4-5-10-11/h2-5H2,1H3/q-1. The van der Waals surface area contributed by atoms with Crippen LogP contribution in [-0.4, -0.2) is 42.1 Å². The average Bonchev–Trinajstić information content (AvgIpc) is 2.64. The normalized spacial score (nSPS) is 37.0.